The first-order chi connectivity index (χ1) is 8.54. The summed E-state index contributed by atoms with van der Waals surface area (Å²) < 4.78 is 0.789. The molecule has 0 saturated carbocycles. The molecule has 1 aromatic heterocycles. The van der Waals surface area contributed by atoms with Gasteiger partial charge in [-0.15, -0.1) is 0 Å². The van der Waals surface area contributed by atoms with E-state index < -0.39 is 0 Å². The molecule has 0 bridgehead atoms. The van der Waals surface area contributed by atoms with Crippen LogP contribution >= 0.6 is 15.9 Å². The van der Waals surface area contributed by atoms with E-state index in [0.717, 1.165) is 21.9 Å². The highest BCUT2D eigenvalue weighted by Gasteiger charge is 2.03. The number of hydrogen-bond acceptors (Lipinski definition) is 3. The van der Waals surface area contributed by atoms with E-state index in [1.807, 2.05) is 19.1 Å². The lowest BCUT2D eigenvalue weighted by Gasteiger charge is -2.10. The molecule has 0 amide bonds. The van der Waals surface area contributed by atoms with Gasteiger partial charge in [0.25, 0.3) is 0 Å². The number of nitrogens with one attached hydrogen (secondary N) is 1. The van der Waals surface area contributed by atoms with Gasteiger partial charge in [-0.3, -0.25) is 0 Å². The molecule has 18 heavy (non-hydrogen) atoms. The van der Waals surface area contributed by atoms with Crippen LogP contribution in [-0.2, 0) is 0 Å². The number of rotatable bonds is 3. The van der Waals surface area contributed by atoms with Gasteiger partial charge >= 0.3 is 0 Å². The number of halogens is 1. The first-order valence-electron chi connectivity index (χ1n) is 5.93. The molecule has 1 heterocycles. The SMILES string of the molecule is Cc1nc(Br)cc(Nc2cccc(C(C)C)c2)n1. The zero-order valence-electron chi connectivity index (χ0n) is 10.7. The minimum absolute atomic E-state index is 0.519. The third kappa shape index (κ3) is 3.29. The molecule has 2 aromatic rings. The van der Waals surface area contributed by atoms with Crippen LogP contribution in [0.2, 0.25) is 0 Å². The van der Waals surface area contributed by atoms with Crippen molar-refractivity contribution >= 4 is 27.4 Å². The number of hydrogen-bond donors (Lipinski definition) is 1. The topological polar surface area (TPSA) is 37.8 Å². The van der Waals surface area contributed by atoms with Crippen LogP contribution in [0.25, 0.3) is 0 Å². The highest BCUT2D eigenvalue weighted by molar-refractivity contribution is 9.10. The van der Waals surface area contributed by atoms with Gasteiger partial charge in [0.2, 0.25) is 0 Å². The number of aromatic nitrogens is 2. The first-order valence-corrected chi connectivity index (χ1v) is 6.72. The van der Waals surface area contributed by atoms with Gasteiger partial charge in [0.05, 0.1) is 0 Å². The summed E-state index contributed by atoms with van der Waals surface area (Å²) in [6.07, 6.45) is 0. The van der Waals surface area contributed by atoms with Crippen LogP contribution in [0.5, 0.6) is 0 Å². The highest BCUT2D eigenvalue weighted by atomic mass is 79.9. The molecule has 0 saturated heterocycles. The lowest BCUT2D eigenvalue weighted by molar-refractivity contribution is 0.867. The molecule has 3 nitrogen and oxygen atoms in total. The van der Waals surface area contributed by atoms with Crippen LogP contribution < -0.4 is 5.32 Å². The summed E-state index contributed by atoms with van der Waals surface area (Å²) in [6.45, 7) is 6.25. The standard InChI is InChI=1S/C14H16BrN3/c1-9(2)11-5-4-6-12(7-11)18-14-8-13(15)16-10(3)17-14/h4-9H,1-3H3,(H,16,17,18). The average Bonchev–Trinajstić information content (AvgIpc) is 2.27. The van der Waals surface area contributed by atoms with Crippen molar-refractivity contribution in [2.75, 3.05) is 5.32 Å². The second-order valence-electron chi connectivity index (χ2n) is 4.53. The smallest absolute Gasteiger partial charge is 0.135 e. The van der Waals surface area contributed by atoms with Crippen molar-refractivity contribution in [3.63, 3.8) is 0 Å². The van der Waals surface area contributed by atoms with E-state index in [4.69, 9.17) is 0 Å². The summed E-state index contributed by atoms with van der Waals surface area (Å²) in [5.74, 6) is 2.06. The molecule has 4 heteroatoms. The normalized spacial score (nSPS) is 10.7. The Morgan fingerprint density at radius 2 is 1.94 bits per heavy atom. The molecular weight excluding hydrogens is 290 g/mol. The monoisotopic (exact) mass is 305 g/mol. The summed E-state index contributed by atoms with van der Waals surface area (Å²) in [5, 5.41) is 3.30. The molecule has 1 aromatic carbocycles. The van der Waals surface area contributed by atoms with E-state index in [1.165, 1.54) is 5.56 Å². The van der Waals surface area contributed by atoms with Gasteiger partial charge < -0.3 is 5.32 Å². The second-order valence-corrected chi connectivity index (χ2v) is 5.34. The molecule has 1 N–H and O–H groups in total. The molecule has 0 aliphatic carbocycles. The minimum atomic E-state index is 0.519. The molecule has 0 fully saturated rings. The summed E-state index contributed by atoms with van der Waals surface area (Å²) >= 11 is 3.37. The van der Waals surface area contributed by atoms with Crippen molar-refractivity contribution in [2.24, 2.45) is 0 Å². The van der Waals surface area contributed by atoms with Gasteiger partial charge in [-0.2, -0.15) is 0 Å². The Kier molecular flexibility index (Phi) is 3.97. The Balaban J connectivity index is 2.25. The zero-order chi connectivity index (χ0) is 13.1. The predicted octanol–water partition coefficient (Wildman–Crippen LogP) is 4.41. The van der Waals surface area contributed by atoms with E-state index in [-0.39, 0.29) is 0 Å². The van der Waals surface area contributed by atoms with E-state index in [1.54, 1.807) is 0 Å². The maximum atomic E-state index is 4.35. The molecule has 0 aliphatic rings. The van der Waals surface area contributed by atoms with E-state index in [0.29, 0.717) is 5.92 Å². The fraction of sp³-hybridized carbons (Fsp3) is 0.286. The Labute approximate surface area is 116 Å². The number of benzene rings is 1. The Bertz CT molecular complexity index is 532. The zero-order valence-corrected chi connectivity index (χ0v) is 12.3. The van der Waals surface area contributed by atoms with Gasteiger partial charge in [-0.1, -0.05) is 26.0 Å². The minimum Gasteiger partial charge on any atom is -0.340 e. The summed E-state index contributed by atoms with van der Waals surface area (Å²) in [7, 11) is 0. The van der Waals surface area contributed by atoms with Crippen molar-refractivity contribution in [1.82, 2.24) is 9.97 Å². The van der Waals surface area contributed by atoms with Crippen LogP contribution in [0.3, 0.4) is 0 Å². The molecule has 94 valence electrons. The largest absolute Gasteiger partial charge is 0.340 e. The maximum Gasteiger partial charge on any atom is 0.135 e. The number of aryl methyl sites for hydroxylation is 1. The van der Waals surface area contributed by atoms with Crippen LogP contribution in [0.4, 0.5) is 11.5 Å². The quantitative estimate of drug-likeness (QED) is 0.853. The third-order valence-corrected chi connectivity index (χ3v) is 3.04. The van der Waals surface area contributed by atoms with Crippen LogP contribution in [0.1, 0.15) is 31.2 Å². The van der Waals surface area contributed by atoms with E-state index in [9.17, 15) is 0 Å². The lowest BCUT2D eigenvalue weighted by Crippen LogP contribution is -1.98. The maximum absolute atomic E-state index is 4.35. The van der Waals surface area contributed by atoms with Crippen LogP contribution in [0, 0.1) is 6.92 Å². The molecule has 0 radical (unpaired) electrons. The Hall–Kier alpha value is -1.42. The van der Waals surface area contributed by atoms with Crippen LogP contribution in [0.15, 0.2) is 34.9 Å². The fourth-order valence-corrected chi connectivity index (χ4v) is 2.19. The number of anilines is 2. The van der Waals surface area contributed by atoms with Gasteiger partial charge in [0, 0.05) is 11.8 Å². The first kappa shape index (κ1) is 13.0. The van der Waals surface area contributed by atoms with Crippen molar-refractivity contribution in [3.8, 4) is 0 Å². The molecule has 0 unspecified atom stereocenters. The van der Waals surface area contributed by atoms with Crippen molar-refractivity contribution in [1.29, 1.82) is 0 Å². The Morgan fingerprint density at radius 3 is 2.61 bits per heavy atom. The summed E-state index contributed by atoms with van der Waals surface area (Å²) in [6, 6.07) is 10.3. The van der Waals surface area contributed by atoms with Crippen LogP contribution in [-0.4, -0.2) is 9.97 Å². The molecule has 2 rings (SSSR count). The third-order valence-electron chi connectivity index (χ3n) is 2.63. The average molecular weight is 306 g/mol. The highest BCUT2D eigenvalue weighted by Crippen LogP contribution is 2.22. The molecule has 0 spiro atoms. The summed E-state index contributed by atoms with van der Waals surface area (Å²) in [5.41, 5.74) is 2.36. The van der Waals surface area contributed by atoms with Gasteiger partial charge in [-0.25, -0.2) is 9.97 Å². The van der Waals surface area contributed by atoms with Gasteiger partial charge in [0.15, 0.2) is 0 Å². The molecule has 0 aliphatic heterocycles. The second kappa shape index (κ2) is 5.48. The number of nitrogens with zero attached hydrogens (tertiary/aromatic N) is 2. The summed E-state index contributed by atoms with van der Waals surface area (Å²) in [4.78, 5) is 8.54. The Morgan fingerprint density at radius 1 is 1.17 bits per heavy atom. The fourth-order valence-electron chi connectivity index (χ4n) is 1.72. The molecular formula is C14H16BrN3. The van der Waals surface area contributed by atoms with Crippen molar-refractivity contribution < 1.29 is 0 Å². The predicted molar refractivity (Wildman–Crippen MR) is 78.3 cm³/mol. The van der Waals surface area contributed by atoms with E-state index in [2.05, 4.69) is 63.3 Å². The van der Waals surface area contributed by atoms with Crippen molar-refractivity contribution in [2.45, 2.75) is 26.7 Å². The van der Waals surface area contributed by atoms with Gasteiger partial charge in [-0.05, 0) is 46.5 Å². The lowest BCUT2D eigenvalue weighted by atomic mass is 10.0. The van der Waals surface area contributed by atoms with E-state index >= 15 is 0 Å². The molecule has 0 atom stereocenters. The van der Waals surface area contributed by atoms with Gasteiger partial charge in [0.1, 0.15) is 16.2 Å². The van der Waals surface area contributed by atoms with Crippen molar-refractivity contribution in [3.05, 3.63) is 46.3 Å².